The van der Waals surface area contributed by atoms with Gasteiger partial charge in [0.05, 0.1) is 25.8 Å². The van der Waals surface area contributed by atoms with Gasteiger partial charge in [0.15, 0.2) is 0 Å². The molecular weight excluding hydrogens is 314 g/mol. The number of benzene rings is 1. The molecule has 0 amide bonds. The summed E-state index contributed by atoms with van der Waals surface area (Å²) >= 11 is 0. The predicted octanol–water partition coefficient (Wildman–Crippen LogP) is 2.12. The van der Waals surface area contributed by atoms with Crippen LogP contribution < -0.4 is 0 Å². The number of nitrogens with zero attached hydrogens (tertiary/aromatic N) is 5. The van der Waals surface area contributed by atoms with Crippen LogP contribution in [0.4, 0.5) is 0 Å². The lowest BCUT2D eigenvalue weighted by molar-refractivity contribution is -0.0840. The van der Waals surface area contributed by atoms with E-state index in [9.17, 15) is 0 Å². The molecule has 0 unspecified atom stereocenters. The number of morpholine rings is 1. The quantitative estimate of drug-likeness (QED) is 0.852. The van der Waals surface area contributed by atoms with Crippen LogP contribution in [0.2, 0.25) is 0 Å². The number of ether oxygens (including phenoxy) is 1. The van der Waals surface area contributed by atoms with Gasteiger partial charge in [0.1, 0.15) is 12.2 Å². The summed E-state index contributed by atoms with van der Waals surface area (Å²) in [4.78, 5) is 5.11. The van der Waals surface area contributed by atoms with Gasteiger partial charge in [-0.1, -0.05) is 30.3 Å². The van der Waals surface area contributed by atoms with Gasteiger partial charge in [-0.15, -0.1) is 10.2 Å². The lowest BCUT2D eigenvalue weighted by Gasteiger charge is -2.48. The van der Waals surface area contributed by atoms with Gasteiger partial charge in [0, 0.05) is 31.7 Å². The molecule has 1 aromatic carbocycles. The van der Waals surface area contributed by atoms with Crippen molar-refractivity contribution >= 4 is 0 Å². The highest BCUT2D eigenvalue weighted by atomic mass is 16.5. The molecule has 2 aromatic rings. The molecule has 0 aliphatic carbocycles. The minimum Gasteiger partial charge on any atom is -0.378 e. The fourth-order valence-electron chi connectivity index (χ4n) is 4.02. The smallest absolute Gasteiger partial charge is 0.147 e. The van der Waals surface area contributed by atoms with E-state index in [0.29, 0.717) is 18.1 Å². The fourth-order valence-corrected chi connectivity index (χ4v) is 4.02. The Morgan fingerprint density at radius 3 is 2.80 bits per heavy atom. The van der Waals surface area contributed by atoms with Crippen molar-refractivity contribution < 1.29 is 4.74 Å². The minimum absolute atomic E-state index is 0.376. The normalized spacial score (nSPS) is 25.2. The monoisotopic (exact) mass is 341 g/mol. The molecule has 3 heterocycles. The van der Waals surface area contributed by atoms with Crippen molar-refractivity contribution in [3.63, 3.8) is 0 Å². The van der Waals surface area contributed by atoms with Crippen LogP contribution in [0.5, 0.6) is 0 Å². The standard InChI is InChI=1S/C19H27N5O/c1-15(2)24-14-20-21-19(24)11-22-8-9-23-17(10-22)12-25-13-18(23)16-6-4-3-5-7-16/h3-7,14-15,17-18H,8-13H2,1-2H3/t17-,18-/m1/s1. The first-order chi connectivity index (χ1) is 12.2. The Balaban J connectivity index is 1.44. The van der Waals surface area contributed by atoms with Crippen LogP contribution in [0.1, 0.15) is 37.3 Å². The lowest BCUT2D eigenvalue weighted by atomic mass is 10.00. The van der Waals surface area contributed by atoms with E-state index in [1.54, 1.807) is 0 Å². The molecule has 0 N–H and O–H groups in total. The summed E-state index contributed by atoms with van der Waals surface area (Å²) in [7, 11) is 0. The number of hydrogen-bond acceptors (Lipinski definition) is 5. The summed E-state index contributed by atoms with van der Waals surface area (Å²) in [6.07, 6.45) is 1.84. The zero-order valence-electron chi connectivity index (χ0n) is 15.1. The summed E-state index contributed by atoms with van der Waals surface area (Å²) in [5.74, 6) is 1.06. The molecule has 1 aromatic heterocycles. The van der Waals surface area contributed by atoms with E-state index in [4.69, 9.17) is 4.74 Å². The van der Waals surface area contributed by atoms with E-state index < -0.39 is 0 Å². The van der Waals surface area contributed by atoms with Crippen molar-refractivity contribution in [2.45, 2.75) is 38.5 Å². The van der Waals surface area contributed by atoms with Crippen molar-refractivity contribution in [3.8, 4) is 0 Å². The highest BCUT2D eigenvalue weighted by molar-refractivity contribution is 5.20. The van der Waals surface area contributed by atoms with E-state index in [1.807, 2.05) is 6.33 Å². The van der Waals surface area contributed by atoms with Crippen molar-refractivity contribution in [2.24, 2.45) is 0 Å². The molecule has 25 heavy (non-hydrogen) atoms. The summed E-state index contributed by atoms with van der Waals surface area (Å²) in [5.41, 5.74) is 1.36. The second-order valence-corrected chi connectivity index (χ2v) is 7.34. The summed E-state index contributed by atoms with van der Waals surface area (Å²) in [6.45, 7) is 9.97. The number of hydrogen-bond donors (Lipinski definition) is 0. The van der Waals surface area contributed by atoms with Crippen molar-refractivity contribution in [1.82, 2.24) is 24.6 Å². The molecule has 0 bridgehead atoms. The topological polar surface area (TPSA) is 46.4 Å². The third-order valence-corrected chi connectivity index (χ3v) is 5.35. The molecule has 0 radical (unpaired) electrons. The number of piperazine rings is 1. The first-order valence-electron chi connectivity index (χ1n) is 9.21. The first kappa shape index (κ1) is 16.7. The molecule has 6 heteroatoms. The lowest BCUT2D eigenvalue weighted by Crippen LogP contribution is -2.58. The predicted molar refractivity (Wildman–Crippen MR) is 96.2 cm³/mol. The van der Waals surface area contributed by atoms with E-state index in [-0.39, 0.29) is 0 Å². The van der Waals surface area contributed by atoms with Gasteiger partial charge >= 0.3 is 0 Å². The molecule has 0 spiro atoms. The highest BCUT2D eigenvalue weighted by Gasteiger charge is 2.36. The van der Waals surface area contributed by atoms with Crippen molar-refractivity contribution in [2.75, 3.05) is 32.8 Å². The molecule has 6 nitrogen and oxygen atoms in total. The molecule has 2 aliphatic heterocycles. The van der Waals surface area contributed by atoms with Gasteiger partial charge in [-0.3, -0.25) is 9.80 Å². The van der Waals surface area contributed by atoms with Crippen LogP contribution in [0.25, 0.3) is 0 Å². The molecular formula is C19H27N5O. The summed E-state index contributed by atoms with van der Waals surface area (Å²) < 4.78 is 8.11. The van der Waals surface area contributed by atoms with Crippen molar-refractivity contribution in [1.29, 1.82) is 0 Å². The van der Waals surface area contributed by atoms with Crippen LogP contribution >= 0.6 is 0 Å². The third-order valence-electron chi connectivity index (χ3n) is 5.35. The first-order valence-corrected chi connectivity index (χ1v) is 9.21. The third kappa shape index (κ3) is 3.47. The molecule has 2 aliphatic rings. The fraction of sp³-hybridized carbons (Fsp3) is 0.579. The Morgan fingerprint density at radius 2 is 2.00 bits per heavy atom. The van der Waals surface area contributed by atoms with Crippen molar-refractivity contribution in [3.05, 3.63) is 48.0 Å². The van der Waals surface area contributed by atoms with Gasteiger partial charge in [-0.2, -0.15) is 0 Å². The van der Waals surface area contributed by atoms with Gasteiger partial charge in [0.2, 0.25) is 0 Å². The largest absolute Gasteiger partial charge is 0.378 e. The molecule has 134 valence electrons. The Kier molecular flexibility index (Phi) is 4.83. The number of aromatic nitrogens is 3. The van der Waals surface area contributed by atoms with Crippen LogP contribution in [0.3, 0.4) is 0 Å². The molecule has 4 rings (SSSR count). The van der Waals surface area contributed by atoms with Crippen LogP contribution in [-0.4, -0.2) is 63.5 Å². The second-order valence-electron chi connectivity index (χ2n) is 7.34. The molecule has 0 saturated carbocycles. The Labute approximate surface area is 149 Å². The average molecular weight is 341 g/mol. The van der Waals surface area contributed by atoms with E-state index in [2.05, 4.69) is 68.7 Å². The van der Waals surface area contributed by atoms with E-state index >= 15 is 0 Å². The van der Waals surface area contributed by atoms with E-state index in [0.717, 1.165) is 45.2 Å². The van der Waals surface area contributed by atoms with Crippen LogP contribution in [-0.2, 0) is 11.3 Å². The molecule has 2 saturated heterocycles. The summed E-state index contributed by atoms with van der Waals surface area (Å²) in [5, 5.41) is 8.42. The maximum absolute atomic E-state index is 5.95. The Morgan fingerprint density at radius 1 is 1.16 bits per heavy atom. The van der Waals surface area contributed by atoms with Gasteiger partial charge < -0.3 is 9.30 Å². The zero-order valence-corrected chi connectivity index (χ0v) is 15.1. The summed E-state index contributed by atoms with van der Waals surface area (Å²) in [6, 6.07) is 12.0. The number of rotatable bonds is 4. The molecule has 2 fully saturated rings. The zero-order chi connectivity index (χ0) is 17.2. The maximum Gasteiger partial charge on any atom is 0.147 e. The Hall–Kier alpha value is -1.76. The second kappa shape index (κ2) is 7.23. The van der Waals surface area contributed by atoms with Gasteiger partial charge in [-0.25, -0.2) is 0 Å². The average Bonchev–Trinajstić information content (AvgIpc) is 3.10. The van der Waals surface area contributed by atoms with Crippen LogP contribution in [0.15, 0.2) is 36.7 Å². The van der Waals surface area contributed by atoms with E-state index in [1.165, 1.54) is 5.56 Å². The number of fused-ring (bicyclic) bond motifs is 1. The molecule has 2 atom stereocenters. The Bertz CT molecular complexity index is 686. The van der Waals surface area contributed by atoms with Gasteiger partial charge in [0.25, 0.3) is 0 Å². The highest BCUT2D eigenvalue weighted by Crippen LogP contribution is 2.29. The van der Waals surface area contributed by atoms with Gasteiger partial charge in [-0.05, 0) is 19.4 Å². The maximum atomic E-state index is 5.95. The minimum atomic E-state index is 0.376. The van der Waals surface area contributed by atoms with Crippen LogP contribution in [0, 0.1) is 0 Å². The SMILES string of the molecule is CC(C)n1cnnc1CN1CCN2[C@@H](COC[C@@H]2c2ccccc2)C1.